The van der Waals surface area contributed by atoms with Gasteiger partial charge >= 0.3 is 5.97 Å². The quantitative estimate of drug-likeness (QED) is 0.373. The molecular weight excluding hydrogens is 400 g/mol. The number of furan rings is 1. The molecule has 2 atom stereocenters. The third kappa shape index (κ3) is 3.64. The number of hydrogen-bond donors (Lipinski definition) is 1. The molecule has 8 heteroatoms. The van der Waals surface area contributed by atoms with E-state index in [1.165, 1.54) is 18.2 Å². The number of aromatic nitrogens is 3. The minimum absolute atomic E-state index is 0.223. The Kier molecular flexibility index (Phi) is 5.69. The van der Waals surface area contributed by atoms with Gasteiger partial charge in [0.2, 0.25) is 4.77 Å². The van der Waals surface area contributed by atoms with Crippen molar-refractivity contribution in [3.63, 3.8) is 0 Å². The predicted molar refractivity (Wildman–Crippen MR) is 114 cm³/mol. The fourth-order valence-corrected chi connectivity index (χ4v) is 4.29. The molecule has 4 rings (SSSR count). The zero-order valence-electron chi connectivity index (χ0n) is 17.1. The zero-order chi connectivity index (χ0) is 21.3. The largest absolute Gasteiger partial charge is 0.465 e. The second-order valence-corrected chi connectivity index (χ2v) is 7.84. The molecular formula is C22H25N4O3S+. The van der Waals surface area contributed by atoms with E-state index in [4.69, 9.17) is 26.5 Å². The van der Waals surface area contributed by atoms with E-state index in [2.05, 4.69) is 18.7 Å². The lowest BCUT2D eigenvalue weighted by molar-refractivity contribution is -0.955. The highest BCUT2D eigenvalue weighted by Gasteiger charge is 2.36. The number of benzene rings is 1. The molecule has 156 valence electrons. The number of esters is 1. The van der Waals surface area contributed by atoms with E-state index in [0.29, 0.717) is 42.5 Å². The summed E-state index contributed by atoms with van der Waals surface area (Å²) in [7, 11) is 1.43. The second kappa shape index (κ2) is 8.41. The van der Waals surface area contributed by atoms with Gasteiger partial charge in [0.15, 0.2) is 24.3 Å². The predicted octanol–water partition coefficient (Wildman–Crippen LogP) is 2.31. The summed E-state index contributed by atoms with van der Waals surface area (Å²) in [4.78, 5) is 13.6. The molecule has 0 radical (unpaired) electrons. The Balaban J connectivity index is 1.72. The number of fused-ring (bicyclic) bond motifs is 1. The molecule has 7 nitrogen and oxygen atoms in total. The Morgan fingerprint density at radius 3 is 2.83 bits per heavy atom. The third-order valence-corrected chi connectivity index (χ3v) is 6.02. The van der Waals surface area contributed by atoms with E-state index >= 15 is 0 Å². The van der Waals surface area contributed by atoms with E-state index in [-0.39, 0.29) is 12.0 Å². The molecule has 0 saturated heterocycles. The Hall–Kier alpha value is -2.97. The minimum atomic E-state index is -0.315. The summed E-state index contributed by atoms with van der Waals surface area (Å²) in [6.07, 6.45) is 4.05. The number of rotatable bonds is 6. The fraction of sp³-hybridized carbons (Fsp3) is 0.318. The second-order valence-electron chi connectivity index (χ2n) is 7.48. The normalized spacial score (nSPS) is 18.1. The first-order chi connectivity index (χ1) is 14.5. The van der Waals surface area contributed by atoms with Crippen molar-refractivity contribution in [3.05, 3.63) is 70.7 Å². The summed E-state index contributed by atoms with van der Waals surface area (Å²) in [6, 6.07) is 9.79. The van der Waals surface area contributed by atoms with Gasteiger partial charge in [0, 0.05) is 18.5 Å². The lowest BCUT2D eigenvalue weighted by Crippen LogP contribution is -3.16. The standard InChI is InChI=1S/C22H24N4O3S/c1-4-10-25-20(19-15(2)9-11-29-19)23-26(22(25)30)14-24-13-17-8-6-5-7-16(17)12-18(24)21(27)28-3/h4-9,11,18H,1,10,12-14H2,2-3H3/p+1/t18-/m0/s1. The number of methoxy groups -OCH3 is 1. The molecule has 3 aromatic rings. The van der Waals surface area contributed by atoms with E-state index in [0.717, 1.165) is 10.5 Å². The van der Waals surface area contributed by atoms with Crippen molar-refractivity contribution in [2.45, 2.75) is 39.1 Å². The number of allylic oxidation sites excluding steroid dienone is 1. The maximum Gasteiger partial charge on any atom is 0.365 e. The van der Waals surface area contributed by atoms with E-state index < -0.39 is 0 Å². The Morgan fingerprint density at radius 2 is 2.17 bits per heavy atom. The smallest absolute Gasteiger partial charge is 0.365 e. The lowest BCUT2D eigenvalue weighted by Gasteiger charge is -2.31. The van der Waals surface area contributed by atoms with E-state index in [1.54, 1.807) is 17.0 Å². The molecule has 0 bridgehead atoms. The number of quaternary nitrogens is 1. The number of hydrogen-bond acceptors (Lipinski definition) is 5. The topological polar surface area (TPSA) is 66.6 Å². The highest BCUT2D eigenvalue weighted by Crippen LogP contribution is 2.23. The number of carbonyl (C=O) groups is 1. The van der Waals surface area contributed by atoms with Crippen LogP contribution in [0.4, 0.5) is 0 Å². The SMILES string of the molecule is C=CCn1c(-c2occc2C)nn(C[NH+]2Cc3ccccc3C[C@H]2C(=O)OC)c1=S. The molecule has 0 fully saturated rings. The summed E-state index contributed by atoms with van der Waals surface area (Å²) in [6.45, 7) is 7.47. The zero-order valence-corrected chi connectivity index (χ0v) is 17.9. The summed E-state index contributed by atoms with van der Waals surface area (Å²) in [5, 5.41) is 4.76. The molecule has 0 saturated carbocycles. The van der Waals surface area contributed by atoms with Crippen LogP contribution in [0.5, 0.6) is 0 Å². The van der Waals surface area contributed by atoms with Crippen LogP contribution in [0.2, 0.25) is 0 Å². The maximum absolute atomic E-state index is 12.5. The van der Waals surface area contributed by atoms with Crippen molar-refractivity contribution >= 4 is 18.2 Å². The van der Waals surface area contributed by atoms with Gasteiger partial charge in [-0.2, -0.15) is 4.68 Å². The third-order valence-electron chi connectivity index (χ3n) is 5.59. The van der Waals surface area contributed by atoms with Crippen molar-refractivity contribution in [2.75, 3.05) is 7.11 Å². The highest BCUT2D eigenvalue weighted by molar-refractivity contribution is 7.71. The van der Waals surface area contributed by atoms with Gasteiger partial charge in [-0.1, -0.05) is 30.3 Å². The van der Waals surface area contributed by atoms with Crippen LogP contribution in [-0.2, 0) is 35.7 Å². The van der Waals surface area contributed by atoms with Crippen molar-refractivity contribution in [1.29, 1.82) is 0 Å². The molecule has 0 spiro atoms. The molecule has 1 N–H and O–H groups in total. The molecule has 1 aliphatic heterocycles. The summed E-state index contributed by atoms with van der Waals surface area (Å²) in [5.41, 5.74) is 3.40. The van der Waals surface area contributed by atoms with E-state index in [9.17, 15) is 4.79 Å². The average molecular weight is 426 g/mol. The van der Waals surface area contributed by atoms with Crippen LogP contribution < -0.4 is 4.90 Å². The van der Waals surface area contributed by atoms with Gasteiger partial charge in [-0.25, -0.2) is 4.79 Å². The minimum Gasteiger partial charge on any atom is -0.465 e. The number of ether oxygens (including phenoxy) is 1. The Labute approximate surface area is 180 Å². The summed E-state index contributed by atoms with van der Waals surface area (Å²) >= 11 is 5.72. The number of nitrogens with zero attached hydrogens (tertiary/aromatic N) is 3. The van der Waals surface area contributed by atoms with Gasteiger partial charge in [0.05, 0.1) is 13.4 Å². The van der Waals surface area contributed by atoms with Gasteiger partial charge in [0.1, 0.15) is 6.54 Å². The first kappa shape index (κ1) is 20.3. The maximum atomic E-state index is 12.5. The van der Waals surface area contributed by atoms with Gasteiger partial charge in [-0.3, -0.25) is 4.57 Å². The fourth-order valence-electron chi connectivity index (χ4n) is 4.02. The first-order valence-corrected chi connectivity index (χ1v) is 10.3. The van der Waals surface area contributed by atoms with E-state index in [1.807, 2.05) is 29.7 Å². The molecule has 2 aromatic heterocycles. The molecule has 30 heavy (non-hydrogen) atoms. The van der Waals surface area contributed by atoms with Crippen LogP contribution in [0.3, 0.4) is 0 Å². The number of carbonyl (C=O) groups excluding carboxylic acids is 1. The monoisotopic (exact) mass is 425 g/mol. The lowest BCUT2D eigenvalue weighted by atomic mass is 9.94. The van der Waals surface area contributed by atoms with Crippen LogP contribution in [0.1, 0.15) is 16.7 Å². The highest BCUT2D eigenvalue weighted by atomic mass is 32.1. The van der Waals surface area contributed by atoms with Gasteiger partial charge < -0.3 is 14.1 Å². The molecule has 1 aromatic carbocycles. The Morgan fingerprint density at radius 1 is 1.40 bits per heavy atom. The van der Waals surface area contributed by atoms with Crippen LogP contribution in [0, 0.1) is 11.7 Å². The molecule has 1 aliphatic rings. The van der Waals surface area contributed by atoms with Gasteiger partial charge in [-0.15, -0.1) is 11.7 Å². The van der Waals surface area contributed by atoms with Crippen molar-refractivity contribution in [2.24, 2.45) is 0 Å². The first-order valence-electron chi connectivity index (χ1n) is 9.85. The average Bonchev–Trinajstić information content (AvgIpc) is 3.31. The molecule has 0 amide bonds. The van der Waals surface area contributed by atoms with Crippen LogP contribution in [0.25, 0.3) is 11.6 Å². The molecule has 0 aliphatic carbocycles. The number of aryl methyl sites for hydroxylation is 1. The van der Waals surface area contributed by atoms with Crippen molar-refractivity contribution in [3.8, 4) is 11.6 Å². The van der Waals surface area contributed by atoms with Gasteiger partial charge in [0.25, 0.3) is 0 Å². The van der Waals surface area contributed by atoms with Crippen molar-refractivity contribution < 1.29 is 18.8 Å². The Bertz CT molecular complexity index is 1140. The summed E-state index contributed by atoms with van der Waals surface area (Å²) < 4.78 is 15.0. The van der Waals surface area contributed by atoms with Crippen LogP contribution in [0.15, 0.2) is 53.7 Å². The van der Waals surface area contributed by atoms with Crippen LogP contribution >= 0.6 is 12.2 Å². The van der Waals surface area contributed by atoms with Gasteiger partial charge in [-0.05, 0) is 36.3 Å². The molecule has 1 unspecified atom stereocenters. The van der Waals surface area contributed by atoms with Crippen LogP contribution in [-0.4, -0.2) is 33.5 Å². The van der Waals surface area contributed by atoms with Crippen molar-refractivity contribution in [1.82, 2.24) is 14.3 Å². The molecule has 3 heterocycles. The summed E-state index contributed by atoms with van der Waals surface area (Å²) in [5.74, 6) is 1.12. The number of nitrogens with one attached hydrogen (secondary N) is 1.